The molecule has 118 valence electrons. The van der Waals surface area contributed by atoms with E-state index in [9.17, 15) is 4.79 Å². The van der Waals surface area contributed by atoms with Crippen LogP contribution in [0.4, 0.5) is 0 Å². The number of likely N-dealkylation sites (tertiary alicyclic amines) is 1. The van der Waals surface area contributed by atoms with Gasteiger partial charge < -0.3 is 5.11 Å². The van der Waals surface area contributed by atoms with Crippen molar-refractivity contribution in [1.29, 1.82) is 0 Å². The van der Waals surface area contributed by atoms with Crippen LogP contribution in [0.5, 0.6) is 0 Å². The van der Waals surface area contributed by atoms with Gasteiger partial charge in [-0.2, -0.15) is 0 Å². The zero-order chi connectivity index (χ0) is 15.1. The van der Waals surface area contributed by atoms with E-state index in [4.69, 9.17) is 5.11 Å². The minimum atomic E-state index is -0.616. The first-order chi connectivity index (χ1) is 10.7. The Morgan fingerprint density at radius 1 is 1.14 bits per heavy atom. The molecule has 1 saturated heterocycles. The van der Waals surface area contributed by atoms with Crippen molar-refractivity contribution in [3.05, 3.63) is 23.8 Å². The number of rotatable bonds is 4. The van der Waals surface area contributed by atoms with E-state index in [1.807, 2.05) is 12.4 Å². The van der Waals surface area contributed by atoms with Crippen LogP contribution in [0.25, 0.3) is 0 Å². The monoisotopic (exact) mass is 301 g/mol. The largest absolute Gasteiger partial charge is 0.481 e. The number of hydrogen-bond acceptors (Lipinski definition) is 4. The molecule has 2 aliphatic carbocycles. The van der Waals surface area contributed by atoms with Crippen LogP contribution in [0.15, 0.2) is 12.4 Å². The highest BCUT2D eigenvalue weighted by Crippen LogP contribution is 2.51. The summed E-state index contributed by atoms with van der Waals surface area (Å²) in [6.07, 6.45) is 10.3. The number of aromatic nitrogens is 2. The average molecular weight is 301 g/mol. The summed E-state index contributed by atoms with van der Waals surface area (Å²) in [6.45, 7) is 2.67. The van der Waals surface area contributed by atoms with Crippen LogP contribution in [0.3, 0.4) is 0 Å². The molecule has 5 nitrogen and oxygen atoms in total. The summed E-state index contributed by atoms with van der Waals surface area (Å²) < 4.78 is 0. The molecule has 3 fully saturated rings. The number of nitrogens with zero attached hydrogens (tertiary/aromatic N) is 3. The third-order valence-electron chi connectivity index (χ3n) is 5.66. The number of hydrogen-bond donors (Lipinski definition) is 1. The summed E-state index contributed by atoms with van der Waals surface area (Å²) in [6, 6.07) is 0. The number of aliphatic carboxylic acids is 1. The Kier molecular flexibility index (Phi) is 3.60. The fourth-order valence-electron chi connectivity index (χ4n) is 4.39. The van der Waals surface area contributed by atoms with Gasteiger partial charge in [0.15, 0.2) is 0 Å². The summed E-state index contributed by atoms with van der Waals surface area (Å²) in [4.78, 5) is 22.5. The highest BCUT2D eigenvalue weighted by molar-refractivity contribution is 5.74. The average Bonchev–Trinajstić information content (AvgIpc) is 3.06. The Hall–Kier alpha value is -1.49. The first-order valence-corrected chi connectivity index (χ1v) is 8.48. The third kappa shape index (κ3) is 2.62. The number of carbonyl (C=O) groups is 1. The van der Waals surface area contributed by atoms with Crippen molar-refractivity contribution < 1.29 is 9.90 Å². The topological polar surface area (TPSA) is 66.3 Å². The lowest BCUT2D eigenvalue weighted by atomic mass is 9.89. The van der Waals surface area contributed by atoms with Gasteiger partial charge in [-0.15, -0.1) is 0 Å². The zero-order valence-electron chi connectivity index (χ0n) is 12.8. The summed E-state index contributed by atoms with van der Waals surface area (Å²) in [5, 5.41) is 9.05. The smallest absolute Gasteiger partial charge is 0.307 e. The SMILES string of the molecule is O=C(O)C1C2CN(Cc3cnc(C4CCCCC4)nc3)CC21. The van der Waals surface area contributed by atoms with Crippen molar-refractivity contribution in [2.45, 2.75) is 44.6 Å². The molecule has 2 atom stereocenters. The lowest BCUT2D eigenvalue weighted by Gasteiger charge is -2.21. The van der Waals surface area contributed by atoms with Crippen molar-refractivity contribution >= 4 is 5.97 Å². The number of piperidine rings is 1. The second-order valence-corrected chi connectivity index (χ2v) is 7.17. The van der Waals surface area contributed by atoms with Crippen molar-refractivity contribution in [2.75, 3.05) is 13.1 Å². The highest BCUT2D eigenvalue weighted by Gasteiger charge is 2.59. The molecular weight excluding hydrogens is 278 g/mol. The molecule has 3 aliphatic rings. The molecule has 2 unspecified atom stereocenters. The molecule has 1 N–H and O–H groups in total. The Bertz CT molecular complexity index is 542. The van der Waals surface area contributed by atoms with Gasteiger partial charge in [-0.05, 0) is 24.7 Å². The molecule has 2 heterocycles. The second-order valence-electron chi connectivity index (χ2n) is 7.17. The molecule has 0 aromatic carbocycles. The van der Waals surface area contributed by atoms with Gasteiger partial charge in [0, 0.05) is 43.5 Å². The van der Waals surface area contributed by atoms with E-state index in [2.05, 4.69) is 14.9 Å². The standard InChI is InChI=1S/C17H23N3O2/c21-17(22)15-13-9-20(10-14(13)15)8-11-6-18-16(19-7-11)12-4-2-1-3-5-12/h6-7,12-15H,1-5,8-10H2,(H,21,22). The van der Waals surface area contributed by atoms with Gasteiger partial charge in [0.1, 0.15) is 5.82 Å². The Balaban J connectivity index is 1.32. The number of carboxylic acid groups (broad SMARTS) is 1. The number of carboxylic acids is 1. The Morgan fingerprint density at radius 2 is 1.77 bits per heavy atom. The molecule has 0 amide bonds. The molecule has 5 heteroatoms. The molecule has 22 heavy (non-hydrogen) atoms. The fourth-order valence-corrected chi connectivity index (χ4v) is 4.39. The quantitative estimate of drug-likeness (QED) is 0.924. The van der Waals surface area contributed by atoms with Gasteiger partial charge in [-0.1, -0.05) is 19.3 Å². The van der Waals surface area contributed by atoms with Crippen LogP contribution in [0, 0.1) is 17.8 Å². The summed E-state index contributed by atoms with van der Waals surface area (Å²) in [7, 11) is 0. The maximum atomic E-state index is 11.0. The third-order valence-corrected chi connectivity index (χ3v) is 5.66. The molecule has 2 saturated carbocycles. The van der Waals surface area contributed by atoms with Crippen LogP contribution < -0.4 is 0 Å². The van der Waals surface area contributed by atoms with Crippen molar-refractivity contribution in [1.82, 2.24) is 14.9 Å². The summed E-state index contributed by atoms with van der Waals surface area (Å²) in [5.41, 5.74) is 1.15. The van der Waals surface area contributed by atoms with E-state index in [0.29, 0.717) is 17.8 Å². The molecule has 1 aromatic rings. The first kappa shape index (κ1) is 14.1. The molecule has 0 spiro atoms. The second kappa shape index (κ2) is 5.61. The van der Waals surface area contributed by atoms with E-state index in [1.54, 1.807) is 0 Å². The zero-order valence-corrected chi connectivity index (χ0v) is 12.8. The molecule has 1 aromatic heterocycles. The van der Waals surface area contributed by atoms with Gasteiger partial charge >= 0.3 is 5.97 Å². The van der Waals surface area contributed by atoms with Crippen LogP contribution in [-0.4, -0.2) is 39.0 Å². The normalized spacial score (nSPS) is 31.9. The molecule has 4 rings (SSSR count). The van der Waals surface area contributed by atoms with E-state index in [-0.39, 0.29) is 5.92 Å². The van der Waals surface area contributed by atoms with Gasteiger partial charge in [0.05, 0.1) is 5.92 Å². The maximum Gasteiger partial charge on any atom is 0.307 e. The van der Waals surface area contributed by atoms with Crippen LogP contribution in [0.2, 0.25) is 0 Å². The maximum absolute atomic E-state index is 11.0. The molecular formula is C17H23N3O2. The number of fused-ring (bicyclic) bond motifs is 1. The first-order valence-electron chi connectivity index (χ1n) is 8.48. The van der Waals surface area contributed by atoms with Crippen molar-refractivity contribution in [2.24, 2.45) is 17.8 Å². The minimum Gasteiger partial charge on any atom is -0.481 e. The van der Waals surface area contributed by atoms with Gasteiger partial charge in [0.2, 0.25) is 0 Å². The molecule has 1 aliphatic heterocycles. The van der Waals surface area contributed by atoms with Crippen LogP contribution in [0.1, 0.15) is 49.4 Å². The lowest BCUT2D eigenvalue weighted by molar-refractivity contribution is -0.139. The fraction of sp³-hybridized carbons (Fsp3) is 0.706. The van der Waals surface area contributed by atoms with E-state index >= 15 is 0 Å². The van der Waals surface area contributed by atoms with Crippen molar-refractivity contribution in [3.8, 4) is 0 Å². The van der Waals surface area contributed by atoms with E-state index < -0.39 is 5.97 Å². The van der Waals surface area contributed by atoms with Crippen LogP contribution >= 0.6 is 0 Å². The van der Waals surface area contributed by atoms with Crippen LogP contribution in [-0.2, 0) is 11.3 Å². The highest BCUT2D eigenvalue weighted by atomic mass is 16.4. The van der Waals surface area contributed by atoms with Gasteiger partial charge in [-0.25, -0.2) is 9.97 Å². The van der Waals surface area contributed by atoms with Crippen molar-refractivity contribution in [3.63, 3.8) is 0 Å². The van der Waals surface area contributed by atoms with Gasteiger partial charge in [0.25, 0.3) is 0 Å². The Labute approximate surface area is 130 Å². The predicted octanol–water partition coefficient (Wildman–Crippen LogP) is 2.29. The Morgan fingerprint density at radius 3 is 2.36 bits per heavy atom. The lowest BCUT2D eigenvalue weighted by Crippen LogP contribution is -2.26. The van der Waals surface area contributed by atoms with Gasteiger partial charge in [-0.3, -0.25) is 9.69 Å². The molecule has 0 bridgehead atoms. The summed E-state index contributed by atoms with van der Waals surface area (Å²) in [5.74, 6) is 1.62. The summed E-state index contributed by atoms with van der Waals surface area (Å²) >= 11 is 0. The van der Waals surface area contributed by atoms with E-state index in [1.165, 1.54) is 32.1 Å². The minimum absolute atomic E-state index is 0.0822. The molecule has 0 radical (unpaired) electrons. The van der Waals surface area contributed by atoms with E-state index in [0.717, 1.165) is 31.0 Å². The predicted molar refractivity (Wildman–Crippen MR) is 81.2 cm³/mol.